The SMILES string of the molecule is NNC(CCC1CCCO1)C1OCCc2ccccc21. The number of nitrogens with one attached hydrogen (secondary N) is 1. The van der Waals surface area contributed by atoms with Crippen LogP contribution in [0, 0.1) is 0 Å². The van der Waals surface area contributed by atoms with Gasteiger partial charge in [-0.3, -0.25) is 11.3 Å². The summed E-state index contributed by atoms with van der Waals surface area (Å²) in [6.07, 6.45) is 5.87. The van der Waals surface area contributed by atoms with Crippen molar-refractivity contribution in [3.63, 3.8) is 0 Å². The molecule has 110 valence electrons. The quantitative estimate of drug-likeness (QED) is 0.639. The van der Waals surface area contributed by atoms with Crippen LogP contribution in [-0.4, -0.2) is 25.4 Å². The predicted molar refractivity (Wildman–Crippen MR) is 78.2 cm³/mol. The van der Waals surface area contributed by atoms with E-state index < -0.39 is 0 Å². The number of ether oxygens (including phenoxy) is 2. The molecule has 2 heterocycles. The minimum atomic E-state index is 0.0614. The van der Waals surface area contributed by atoms with Gasteiger partial charge in [0.05, 0.1) is 24.9 Å². The van der Waals surface area contributed by atoms with Gasteiger partial charge in [0.2, 0.25) is 0 Å². The van der Waals surface area contributed by atoms with E-state index in [0.29, 0.717) is 6.10 Å². The minimum absolute atomic E-state index is 0.0614. The molecule has 0 bridgehead atoms. The van der Waals surface area contributed by atoms with Gasteiger partial charge in [-0.2, -0.15) is 0 Å². The van der Waals surface area contributed by atoms with Crippen molar-refractivity contribution in [3.05, 3.63) is 35.4 Å². The molecule has 0 saturated carbocycles. The van der Waals surface area contributed by atoms with Crippen LogP contribution in [0.4, 0.5) is 0 Å². The van der Waals surface area contributed by atoms with Gasteiger partial charge in [0, 0.05) is 6.61 Å². The van der Waals surface area contributed by atoms with Gasteiger partial charge in [-0.25, -0.2) is 0 Å². The Kier molecular flexibility index (Phi) is 4.68. The lowest BCUT2D eigenvalue weighted by Crippen LogP contribution is -2.42. The molecule has 4 heteroatoms. The van der Waals surface area contributed by atoms with Crippen molar-refractivity contribution in [1.29, 1.82) is 0 Å². The van der Waals surface area contributed by atoms with Crippen LogP contribution >= 0.6 is 0 Å². The lowest BCUT2D eigenvalue weighted by molar-refractivity contribution is 0.00812. The predicted octanol–water partition coefficient (Wildman–Crippen LogP) is 2.09. The minimum Gasteiger partial charge on any atom is -0.378 e. The van der Waals surface area contributed by atoms with Crippen molar-refractivity contribution < 1.29 is 9.47 Å². The maximum atomic E-state index is 5.99. The fraction of sp³-hybridized carbons (Fsp3) is 0.625. The first kappa shape index (κ1) is 14.0. The van der Waals surface area contributed by atoms with Gasteiger partial charge in [-0.05, 0) is 43.2 Å². The highest BCUT2D eigenvalue weighted by molar-refractivity contribution is 5.31. The fourth-order valence-corrected chi connectivity index (χ4v) is 3.32. The van der Waals surface area contributed by atoms with E-state index in [1.165, 1.54) is 24.0 Å². The number of hydrogen-bond donors (Lipinski definition) is 2. The molecule has 0 aromatic heterocycles. The summed E-state index contributed by atoms with van der Waals surface area (Å²) in [5.74, 6) is 5.77. The summed E-state index contributed by atoms with van der Waals surface area (Å²) < 4.78 is 11.7. The maximum Gasteiger partial charge on any atom is 0.0994 e. The highest BCUT2D eigenvalue weighted by Gasteiger charge is 2.29. The van der Waals surface area contributed by atoms with Crippen LogP contribution in [0.2, 0.25) is 0 Å². The molecular weight excluding hydrogens is 252 g/mol. The van der Waals surface area contributed by atoms with E-state index >= 15 is 0 Å². The van der Waals surface area contributed by atoms with Crippen molar-refractivity contribution in [3.8, 4) is 0 Å². The van der Waals surface area contributed by atoms with Crippen LogP contribution in [0.15, 0.2) is 24.3 Å². The van der Waals surface area contributed by atoms with Crippen LogP contribution in [0.25, 0.3) is 0 Å². The zero-order valence-corrected chi connectivity index (χ0v) is 11.9. The molecule has 1 fully saturated rings. The Balaban J connectivity index is 1.66. The summed E-state index contributed by atoms with van der Waals surface area (Å²) in [5.41, 5.74) is 5.63. The highest BCUT2D eigenvalue weighted by atomic mass is 16.5. The van der Waals surface area contributed by atoms with Gasteiger partial charge in [0.25, 0.3) is 0 Å². The van der Waals surface area contributed by atoms with Gasteiger partial charge >= 0.3 is 0 Å². The maximum absolute atomic E-state index is 5.99. The van der Waals surface area contributed by atoms with Crippen LogP contribution < -0.4 is 11.3 Å². The molecule has 4 nitrogen and oxygen atoms in total. The monoisotopic (exact) mass is 276 g/mol. The van der Waals surface area contributed by atoms with Crippen molar-refractivity contribution in [2.75, 3.05) is 13.2 Å². The van der Waals surface area contributed by atoms with E-state index in [9.17, 15) is 0 Å². The third-order valence-corrected chi connectivity index (χ3v) is 4.43. The Hall–Kier alpha value is -0.940. The van der Waals surface area contributed by atoms with Crippen molar-refractivity contribution in [2.45, 2.75) is 50.4 Å². The number of benzene rings is 1. The Morgan fingerprint density at radius 2 is 2.15 bits per heavy atom. The van der Waals surface area contributed by atoms with E-state index in [1.807, 2.05) is 0 Å². The zero-order chi connectivity index (χ0) is 13.8. The molecule has 1 saturated heterocycles. The Labute approximate surface area is 120 Å². The molecule has 3 atom stereocenters. The average Bonchev–Trinajstić information content (AvgIpc) is 3.01. The number of hydrazine groups is 1. The molecule has 0 radical (unpaired) electrons. The van der Waals surface area contributed by atoms with E-state index in [2.05, 4.69) is 29.7 Å². The molecule has 1 aromatic carbocycles. The zero-order valence-electron chi connectivity index (χ0n) is 11.9. The molecule has 20 heavy (non-hydrogen) atoms. The second kappa shape index (κ2) is 6.68. The molecule has 3 N–H and O–H groups in total. The highest BCUT2D eigenvalue weighted by Crippen LogP contribution is 2.31. The molecule has 0 amide bonds. The first-order valence-corrected chi connectivity index (χ1v) is 7.65. The third kappa shape index (κ3) is 3.04. The van der Waals surface area contributed by atoms with Crippen LogP contribution in [0.3, 0.4) is 0 Å². The van der Waals surface area contributed by atoms with Crippen molar-refractivity contribution in [1.82, 2.24) is 5.43 Å². The molecule has 2 aliphatic rings. The summed E-state index contributed by atoms with van der Waals surface area (Å²) >= 11 is 0. The fourth-order valence-electron chi connectivity index (χ4n) is 3.32. The number of fused-ring (bicyclic) bond motifs is 1. The van der Waals surface area contributed by atoms with E-state index in [0.717, 1.165) is 32.5 Å². The van der Waals surface area contributed by atoms with E-state index in [1.54, 1.807) is 0 Å². The lowest BCUT2D eigenvalue weighted by atomic mass is 9.91. The van der Waals surface area contributed by atoms with Crippen LogP contribution in [0.5, 0.6) is 0 Å². The summed E-state index contributed by atoms with van der Waals surface area (Å²) in [4.78, 5) is 0. The second-order valence-corrected chi connectivity index (χ2v) is 5.73. The molecular formula is C16H24N2O2. The summed E-state index contributed by atoms with van der Waals surface area (Å²) in [6, 6.07) is 8.68. The summed E-state index contributed by atoms with van der Waals surface area (Å²) in [7, 11) is 0. The number of rotatable bonds is 5. The Bertz CT molecular complexity index is 432. The third-order valence-electron chi connectivity index (χ3n) is 4.43. The van der Waals surface area contributed by atoms with Gasteiger partial charge in [0.15, 0.2) is 0 Å². The van der Waals surface area contributed by atoms with Crippen LogP contribution in [0.1, 0.15) is 42.9 Å². The van der Waals surface area contributed by atoms with Crippen molar-refractivity contribution >= 4 is 0 Å². The smallest absolute Gasteiger partial charge is 0.0994 e. The van der Waals surface area contributed by atoms with E-state index in [4.69, 9.17) is 15.3 Å². The Morgan fingerprint density at radius 1 is 1.25 bits per heavy atom. The average molecular weight is 276 g/mol. The van der Waals surface area contributed by atoms with E-state index in [-0.39, 0.29) is 12.1 Å². The molecule has 3 rings (SSSR count). The molecule has 3 unspecified atom stereocenters. The van der Waals surface area contributed by atoms with Crippen LogP contribution in [-0.2, 0) is 15.9 Å². The van der Waals surface area contributed by atoms with Gasteiger partial charge in [-0.1, -0.05) is 24.3 Å². The normalized spacial score (nSPS) is 27.2. The largest absolute Gasteiger partial charge is 0.378 e. The van der Waals surface area contributed by atoms with Crippen molar-refractivity contribution in [2.24, 2.45) is 5.84 Å². The molecule has 0 spiro atoms. The first-order chi connectivity index (χ1) is 9.88. The lowest BCUT2D eigenvalue weighted by Gasteiger charge is -2.32. The van der Waals surface area contributed by atoms with Gasteiger partial charge < -0.3 is 9.47 Å². The van der Waals surface area contributed by atoms with Gasteiger partial charge in [-0.15, -0.1) is 0 Å². The summed E-state index contributed by atoms with van der Waals surface area (Å²) in [5, 5.41) is 0. The Morgan fingerprint density at radius 3 is 2.95 bits per heavy atom. The number of nitrogens with two attached hydrogens (primary N) is 1. The standard InChI is InChI=1S/C16H24N2O2/c17-18-15(8-7-13-5-3-10-19-13)16-14-6-2-1-4-12(14)9-11-20-16/h1-2,4,6,13,15-16,18H,3,5,7-11,17H2. The molecule has 1 aromatic rings. The summed E-state index contributed by atoms with van der Waals surface area (Å²) in [6.45, 7) is 1.69. The molecule has 0 aliphatic carbocycles. The van der Waals surface area contributed by atoms with Gasteiger partial charge in [0.1, 0.15) is 0 Å². The molecule has 2 aliphatic heterocycles. The second-order valence-electron chi connectivity index (χ2n) is 5.73. The first-order valence-electron chi connectivity index (χ1n) is 7.65. The number of hydrogen-bond acceptors (Lipinski definition) is 4. The topological polar surface area (TPSA) is 56.5 Å².